The van der Waals surface area contributed by atoms with Crippen molar-refractivity contribution in [3.8, 4) is 0 Å². The van der Waals surface area contributed by atoms with Crippen molar-refractivity contribution < 1.29 is 5.11 Å². The lowest BCUT2D eigenvalue weighted by atomic mass is 10.1. The normalized spacial score (nSPS) is 12.3. The van der Waals surface area contributed by atoms with E-state index < -0.39 is 5.60 Å². The summed E-state index contributed by atoms with van der Waals surface area (Å²) in [7, 11) is 0. The first-order valence-electron chi connectivity index (χ1n) is 4.93. The maximum absolute atomic E-state index is 9.70. The molecule has 0 unspecified atom stereocenters. The van der Waals surface area contributed by atoms with Gasteiger partial charge in [0.2, 0.25) is 5.13 Å². The molecule has 1 rings (SSSR count). The molecule has 0 aliphatic rings. The summed E-state index contributed by atoms with van der Waals surface area (Å²) in [6, 6.07) is 0. The van der Waals surface area contributed by atoms with Crippen LogP contribution in [0.2, 0.25) is 0 Å². The van der Waals surface area contributed by atoms with E-state index in [0.29, 0.717) is 18.2 Å². The third-order valence-electron chi connectivity index (χ3n) is 1.90. The van der Waals surface area contributed by atoms with Crippen LogP contribution in [0, 0.1) is 0 Å². The van der Waals surface area contributed by atoms with Crippen LogP contribution in [-0.4, -0.2) is 38.9 Å². The number of nitrogens with two attached hydrogens (primary N) is 1. The molecule has 1 heterocycles. The molecular formula is C9H18N4OS. The molecule has 0 aliphatic carbocycles. The highest BCUT2D eigenvalue weighted by atomic mass is 32.1. The number of rotatable bonds is 5. The molecular weight excluding hydrogens is 212 g/mol. The molecule has 1 aromatic rings. The molecule has 0 spiro atoms. The maximum Gasteiger partial charge on any atom is 0.203 e. The largest absolute Gasteiger partial charge is 0.389 e. The van der Waals surface area contributed by atoms with Crippen LogP contribution >= 0.6 is 11.3 Å². The van der Waals surface area contributed by atoms with Gasteiger partial charge in [-0.3, -0.25) is 4.90 Å². The minimum atomic E-state index is -0.688. The van der Waals surface area contributed by atoms with E-state index in [4.69, 9.17) is 5.73 Å². The Hall–Kier alpha value is -0.720. The van der Waals surface area contributed by atoms with Crippen LogP contribution in [0.5, 0.6) is 0 Å². The number of hydrogen-bond acceptors (Lipinski definition) is 6. The van der Waals surface area contributed by atoms with Crippen molar-refractivity contribution in [2.75, 3.05) is 18.8 Å². The average Bonchev–Trinajstić information content (AvgIpc) is 2.47. The minimum Gasteiger partial charge on any atom is -0.389 e. The number of aliphatic hydroxyl groups is 1. The molecule has 86 valence electrons. The fourth-order valence-corrected chi connectivity index (χ4v) is 2.00. The molecule has 0 atom stereocenters. The fraction of sp³-hybridized carbons (Fsp3) is 0.778. The number of anilines is 1. The van der Waals surface area contributed by atoms with Crippen molar-refractivity contribution in [3.05, 3.63) is 5.01 Å². The van der Waals surface area contributed by atoms with Crippen molar-refractivity contribution in [3.63, 3.8) is 0 Å². The van der Waals surface area contributed by atoms with E-state index in [-0.39, 0.29) is 0 Å². The number of nitrogens with zero attached hydrogens (tertiary/aromatic N) is 3. The average molecular weight is 230 g/mol. The first kappa shape index (κ1) is 12.4. The Bertz CT molecular complexity index is 307. The molecule has 0 radical (unpaired) electrons. The van der Waals surface area contributed by atoms with Gasteiger partial charge in [0.05, 0.1) is 12.1 Å². The highest BCUT2D eigenvalue weighted by Gasteiger charge is 2.18. The van der Waals surface area contributed by atoms with Gasteiger partial charge in [0.1, 0.15) is 5.01 Å². The molecule has 0 saturated carbocycles. The molecule has 0 aliphatic heterocycles. The molecule has 3 N–H and O–H groups in total. The smallest absolute Gasteiger partial charge is 0.203 e. The highest BCUT2D eigenvalue weighted by Crippen LogP contribution is 2.14. The van der Waals surface area contributed by atoms with Gasteiger partial charge in [0.15, 0.2) is 0 Å². The van der Waals surface area contributed by atoms with Crippen molar-refractivity contribution in [2.24, 2.45) is 0 Å². The summed E-state index contributed by atoms with van der Waals surface area (Å²) < 4.78 is 0. The second-order valence-electron chi connectivity index (χ2n) is 4.15. The van der Waals surface area contributed by atoms with E-state index in [1.54, 1.807) is 13.8 Å². The lowest BCUT2D eigenvalue weighted by Gasteiger charge is -2.26. The molecule has 0 bridgehead atoms. The van der Waals surface area contributed by atoms with E-state index >= 15 is 0 Å². The Labute approximate surface area is 93.9 Å². The van der Waals surface area contributed by atoms with Crippen LogP contribution < -0.4 is 5.73 Å². The predicted octanol–water partition coefficient (Wildman–Crippen LogP) is 0.713. The topological polar surface area (TPSA) is 75.3 Å². The monoisotopic (exact) mass is 230 g/mol. The molecule has 0 saturated heterocycles. The van der Waals surface area contributed by atoms with Crippen LogP contribution in [0.1, 0.15) is 25.8 Å². The van der Waals surface area contributed by atoms with Gasteiger partial charge in [-0.25, -0.2) is 0 Å². The van der Waals surface area contributed by atoms with Gasteiger partial charge >= 0.3 is 0 Å². The van der Waals surface area contributed by atoms with E-state index in [0.717, 1.165) is 11.6 Å². The number of nitrogen functional groups attached to an aromatic ring is 1. The highest BCUT2D eigenvalue weighted by molar-refractivity contribution is 7.15. The first-order chi connectivity index (χ1) is 6.90. The van der Waals surface area contributed by atoms with E-state index in [9.17, 15) is 5.11 Å². The third-order valence-corrected chi connectivity index (χ3v) is 2.64. The standard InChI is InChI=1S/C9H18N4OS/c1-4-13(6-9(2,3)14)5-7-11-12-8(10)15-7/h14H,4-6H2,1-3H3,(H2,10,12). The zero-order valence-corrected chi connectivity index (χ0v) is 10.2. The van der Waals surface area contributed by atoms with Crippen molar-refractivity contribution in [1.29, 1.82) is 0 Å². The lowest BCUT2D eigenvalue weighted by molar-refractivity contribution is 0.0352. The Morgan fingerprint density at radius 3 is 2.53 bits per heavy atom. The van der Waals surface area contributed by atoms with Crippen LogP contribution in [0.4, 0.5) is 5.13 Å². The second-order valence-corrected chi connectivity index (χ2v) is 5.24. The van der Waals surface area contributed by atoms with Crippen molar-refractivity contribution in [2.45, 2.75) is 32.9 Å². The van der Waals surface area contributed by atoms with Crippen molar-refractivity contribution >= 4 is 16.5 Å². The Kier molecular flexibility index (Phi) is 4.01. The van der Waals surface area contributed by atoms with E-state index in [2.05, 4.69) is 22.0 Å². The fourth-order valence-electron chi connectivity index (χ4n) is 1.35. The summed E-state index contributed by atoms with van der Waals surface area (Å²) in [5.41, 5.74) is 4.81. The van der Waals surface area contributed by atoms with Crippen LogP contribution in [0.3, 0.4) is 0 Å². The summed E-state index contributed by atoms with van der Waals surface area (Å²) in [6.45, 7) is 7.81. The summed E-state index contributed by atoms with van der Waals surface area (Å²) in [5, 5.41) is 18.8. The van der Waals surface area contributed by atoms with E-state index in [1.807, 2.05) is 0 Å². The summed E-state index contributed by atoms with van der Waals surface area (Å²) in [6.07, 6.45) is 0. The molecule has 0 fully saturated rings. The van der Waals surface area contributed by atoms with Crippen molar-refractivity contribution in [1.82, 2.24) is 15.1 Å². The predicted molar refractivity (Wildman–Crippen MR) is 61.6 cm³/mol. The number of likely N-dealkylation sites (N-methyl/N-ethyl adjacent to an activating group) is 1. The summed E-state index contributed by atoms with van der Waals surface area (Å²) in [5.74, 6) is 0. The number of aromatic nitrogens is 2. The van der Waals surface area contributed by atoms with Crippen LogP contribution in [-0.2, 0) is 6.54 Å². The first-order valence-corrected chi connectivity index (χ1v) is 5.75. The minimum absolute atomic E-state index is 0.490. The van der Waals surface area contributed by atoms with Gasteiger partial charge < -0.3 is 10.8 Å². The zero-order valence-electron chi connectivity index (χ0n) is 9.40. The van der Waals surface area contributed by atoms with Gasteiger partial charge in [0.25, 0.3) is 0 Å². The lowest BCUT2D eigenvalue weighted by Crippen LogP contribution is -2.38. The number of hydrogen-bond donors (Lipinski definition) is 2. The molecule has 5 nitrogen and oxygen atoms in total. The second kappa shape index (κ2) is 4.87. The zero-order chi connectivity index (χ0) is 11.5. The molecule has 1 aromatic heterocycles. The van der Waals surface area contributed by atoms with Crippen LogP contribution in [0.15, 0.2) is 0 Å². The van der Waals surface area contributed by atoms with Crippen LogP contribution in [0.25, 0.3) is 0 Å². The maximum atomic E-state index is 9.70. The molecule has 0 amide bonds. The van der Waals surface area contributed by atoms with Gasteiger partial charge in [-0.15, -0.1) is 10.2 Å². The quantitative estimate of drug-likeness (QED) is 0.779. The van der Waals surface area contributed by atoms with E-state index in [1.165, 1.54) is 11.3 Å². The SMILES string of the molecule is CCN(Cc1nnc(N)s1)CC(C)(C)O. The summed E-state index contributed by atoms with van der Waals surface area (Å²) in [4.78, 5) is 2.11. The Morgan fingerprint density at radius 2 is 2.13 bits per heavy atom. The summed E-state index contributed by atoms with van der Waals surface area (Å²) >= 11 is 1.39. The van der Waals surface area contributed by atoms with Gasteiger partial charge in [-0.2, -0.15) is 0 Å². The third kappa shape index (κ3) is 4.55. The van der Waals surface area contributed by atoms with Gasteiger partial charge in [-0.1, -0.05) is 18.3 Å². The van der Waals surface area contributed by atoms with Gasteiger partial charge in [0, 0.05) is 6.54 Å². The van der Waals surface area contributed by atoms with Gasteiger partial charge in [-0.05, 0) is 20.4 Å². The Morgan fingerprint density at radius 1 is 1.47 bits per heavy atom. The molecule has 15 heavy (non-hydrogen) atoms. The molecule has 0 aromatic carbocycles. The molecule has 6 heteroatoms. The Balaban J connectivity index is 2.54.